The molecule has 2 aromatic carbocycles. The van der Waals surface area contributed by atoms with E-state index in [4.69, 9.17) is 14.2 Å². The summed E-state index contributed by atoms with van der Waals surface area (Å²) in [7, 11) is 0. The lowest BCUT2D eigenvalue weighted by molar-refractivity contribution is -0.147. The zero-order chi connectivity index (χ0) is 27.4. The summed E-state index contributed by atoms with van der Waals surface area (Å²) in [6.07, 6.45) is -0.446. The van der Waals surface area contributed by atoms with Gasteiger partial charge in [-0.1, -0.05) is 62.4 Å². The molecule has 2 aliphatic rings. The molecule has 1 N–H and O–H groups in total. The number of carbonyl (C=O) groups is 4. The number of hydrogen-bond donors (Lipinski definition) is 1. The second-order valence-electron chi connectivity index (χ2n) is 9.79. The highest BCUT2D eigenvalue weighted by Gasteiger charge is 2.62. The Kier molecular flexibility index (Phi) is 8.34. The predicted molar refractivity (Wildman–Crippen MR) is 139 cm³/mol. The van der Waals surface area contributed by atoms with Gasteiger partial charge in [-0.2, -0.15) is 0 Å². The standard InChI is InChI=1S/C29H34N2O7/c1-5-36-27(33)24-25(28(34)37-6-2)31(24)26(32)23(15-17(3)4)30-29(35)38-16-22-20-13-9-7-11-18(20)19-12-8-10-14-21(19)22/h7-14,17,22-25H,5-6,15-16H2,1-4H3,(H,30,35)/t23-,24?,25?,31?/m0/s1. The summed E-state index contributed by atoms with van der Waals surface area (Å²) in [5.41, 5.74) is 4.38. The molecule has 0 saturated carbocycles. The van der Waals surface area contributed by atoms with E-state index in [9.17, 15) is 19.2 Å². The molecule has 9 nitrogen and oxygen atoms in total. The van der Waals surface area contributed by atoms with Crippen molar-refractivity contribution in [2.24, 2.45) is 5.92 Å². The third-order valence-corrected chi connectivity index (χ3v) is 6.76. The second kappa shape index (κ2) is 11.7. The first-order chi connectivity index (χ1) is 18.3. The number of nitrogens with zero attached hydrogens (tertiary/aromatic N) is 1. The van der Waals surface area contributed by atoms with Gasteiger partial charge in [-0.3, -0.25) is 4.79 Å². The van der Waals surface area contributed by atoms with Crippen LogP contribution in [0.3, 0.4) is 0 Å². The molecule has 9 heteroatoms. The predicted octanol–water partition coefficient (Wildman–Crippen LogP) is 3.65. The molecule has 1 fully saturated rings. The number of carbonyl (C=O) groups excluding carboxylic acids is 4. The lowest BCUT2D eigenvalue weighted by Gasteiger charge is -2.21. The first-order valence-corrected chi connectivity index (χ1v) is 13.0. The summed E-state index contributed by atoms with van der Waals surface area (Å²) in [6, 6.07) is 12.9. The minimum absolute atomic E-state index is 0.0415. The number of benzene rings is 2. The molecule has 0 bridgehead atoms. The fourth-order valence-corrected chi connectivity index (χ4v) is 5.10. The van der Waals surface area contributed by atoms with Crippen LogP contribution in [-0.2, 0) is 28.6 Å². The van der Waals surface area contributed by atoms with Crippen molar-refractivity contribution >= 4 is 23.9 Å². The van der Waals surface area contributed by atoms with Crippen LogP contribution in [0, 0.1) is 5.92 Å². The number of amides is 2. The molecule has 0 aromatic heterocycles. The molecule has 2 amide bonds. The average molecular weight is 523 g/mol. The molecule has 1 aliphatic heterocycles. The van der Waals surface area contributed by atoms with Gasteiger partial charge < -0.3 is 24.4 Å². The zero-order valence-electron chi connectivity index (χ0n) is 22.1. The van der Waals surface area contributed by atoms with Gasteiger partial charge in [-0.15, -0.1) is 0 Å². The fraction of sp³-hybridized carbons (Fsp3) is 0.448. The molecular formula is C29H34N2O7. The summed E-state index contributed by atoms with van der Waals surface area (Å²) < 4.78 is 15.7. The highest BCUT2D eigenvalue weighted by Crippen LogP contribution is 2.44. The first kappa shape index (κ1) is 27.2. The molecule has 4 rings (SSSR count). The Morgan fingerprint density at radius 2 is 1.32 bits per heavy atom. The van der Waals surface area contributed by atoms with Crippen LogP contribution < -0.4 is 5.32 Å². The van der Waals surface area contributed by atoms with E-state index in [0.717, 1.165) is 27.2 Å². The van der Waals surface area contributed by atoms with Crippen molar-refractivity contribution in [1.82, 2.24) is 10.2 Å². The maximum Gasteiger partial charge on any atom is 0.407 e. The fourth-order valence-electron chi connectivity index (χ4n) is 5.10. The van der Waals surface area contributed by atoms with Crippen molar-refractivity contribution in [3.8, 4) is 11.1 Å². The van der Waals surface area contributed by atoms with Gasteiger partial charge in [0.25, 0.3) is 0 Å². The molecule has 1 saturated heterocycles. The number of esters is 2. The maximum atomic E-state index is 13.4. The minimum Gasteiger partial charge on any atom is -0.464 e. The Balaban J connectivity index is 1.45. The topological polar surface area (TPSA) is 111 Å². The van der Waals surface area contributed by atoms with Crippen LogP contribution in [0.1, 0.15) is 51.2 Å². The highest BCUT2D eigenvalue weighted by atomic mass is 16.6. The van der Waals surface area contributed by atoms with Crippen molar-refractivity contribution < 1.29 is 33.4 Å². The number of rotatable bonds is 10. The zero-order valence-corrected chi connectivity index (χ0v) is 22.1. The van der Waals surface area contributed by atoms with Crippen LogP contribution in [0.4, 0.5) is 4.79 Å². The van der Waals surface area contributed by atoms with Crippen molar-refractivity contribution in [2.75, 3.05) is 19.8 Å². The van der Waals surface area contributed by atoms with E-state index in [0.29, 0.717) is 6.42 Å². The van der Waals surface area contributed by atoms with E-state index in [2.05, 4.69) is 17.4 Å². The third-order valence-electron chi connectivity index (χ3n) is 6.76. The van der Waals surface area contributed by atoms with Crippen molar-refractivity contribution in [3.63, 3.8) is 0 Å². The number of ether oxygens (including phenoxy) is 3. The number of nitrogens with one attached hydrogen (secondary N) is 1. The van der Waals surface area contributed by atoms with Crippen LogP contribution in [0.2, 0.25) is 0 Å². The SMILES string of the molecule is CCOC(=O)C1C(C(=O)OCC)N1C(=O)[C@H](CC(C)C)NC(=O)OCC1c2ccccc2-c2ccccc21. The highest BCUT2D eigenvalue weighted by molar-refractivity contribution is 6.02. The van der Waals surface area contributed by atoms with Crippen molar-refractivity contribution in [2.45, 2.75) is 58.2 Å². The van der Waals surface area contributed by atoms with E-state index in [1.807, 2.05) is 50.2 Å². The first-order valence-electron chi connectivity index (χ1n) is 13.0. The van der Waals surface area contributed by atoms with Crippen LogP contribution >= 0.6 is 0 Å². The van der Waals surface area contributed by atoms with Gasteiger partial charge in [0.15, 0.2) is 12.1 Å². The molecule has 1 heterocycles. The van der Waals surface area contributed by atoms with Gasteiger partial charge in [0.1, 0.15) is 12.6 Å². The molecule has 0 radical (unpaired) electrons. The van der Waals surface area contributed by atoms with Crippen LogP contribution in [0.25, 0.3) is 11.1 Å². The summed E-state index contributed by atoms with van der Waals surface area (Å²) >= 11 is 0. The molecule has 0 spiro atoms. The summed E-state index contributed by atoms with van der Waals surface area (Å²) in [6.45, 7) is 7.43. The van der Waals surface area contributed by atoms with E-state index in [1.54, 1.807) is 13.8 Å². The van der Waals surface area contributed by atoms with E-state index in [-0.39, 0.29) is 31.7 Å². The van der Waals surface area contributed by atoms with Crippen LogP contribution in [0.5, 0.6) is 0 Å². The van der Waals surface area contributed by atoms with E-state index < -0.39 is 42.1 Å². The summed E-state index contributed by atoms with van der Waals surface area (Å²) in [5, 5.41) is 2.67. The Morgan fingerprint density at radius 3 is 1.79 bits per heavy atom. The van der Waals surface area contributed by atoms with Crippen molar-refractivity contribution in [1.29, 1.82) is 0 Å². The third kappa shape index (κ3) is 5.51. The van der Waals surface area contributed by atoms with Gasteiger partial charge in [-0.05, 0) is 48.4 Å². The van der Waals surface area contributed by atoms with E-state index >= 15 is 0 Å². The Bertz CT molecular complexity index is 1140. The van der Waals surface area contributed by atoms with Crippen LogP contribution in [-0.4, -0.2) is 66.8 Å². The van der Waals surface area contributed by atoms with Gasteiger partial charge in [-0.25, -0.2) is 14.4 Å². The maximum absolute atomic E-state index is 13.4. The molecule has 1 aliphatic carbocycles. The molecule has 2 aromatic rings. The molecule has 3 atom stereocenters. The number of fused-ring (bicyclic) bond motifs is 3. The van der Waals surface area contributed by atoms with Gasteiger partial charge in [0.2, 0.25) is 5.91 Å². The number of hydrogen-bond acceptors (Lipinski definition) is 7. The smallest absolute Gasteiger partial charge is 0.407 e. The van der Waals surface area contributed by atoms with Gasteiger partial charge >= 0.3 is 18.0 Å². The van der Waals surface area contributed by atoms with Crippen LogP contribution in [0.15, 0.2) is 48.5 Å². The van der Waals surface area contributed by atoms with E-state index in [1.165, 1.54) is 0 Å². The quantitative estimate of drug-likeness (QED) is 0.288. The van der Waals surface area contributed by atoms with Gasteiger partial charge in [0, 0.05) is 5.92 Å². The minimum atomic E-state index is -1.07. The average Bonchev–Trinajstić information content (AvgIpc) is 3.57. The number of alkyl carbamates (subject to hydrolysis) is 1. The monoisotopic (exact) mass is 522 g/mol. The molecular weight excluding hydrogens is 488 g/mol. The normalized spacial score (nSPS) is 18.3. The molecule has 38 heavy (non-hydrogen) atoms. The largest absolute Gasteiger partial charge is 0.464 e. The summed E-state index contributed by atoms with van der Waals surface area (Å²) in [4.78, 5) is 52.3. The Morgan fingerprint density at radius 1 is 0.816 bits per heavy atom. The Labute approximate surface area is 222 Å². The Hall–Kier alpha value is -3.88. The van der Waals surface area contributed by atoms with Crippen molar-refractivity contribution in [3.05, 3.63) is 59.7 Å². The molecule has 202 valence electrons. The van der Waals surface area contributed by atoms with Gasteiger partial charge in [0.05, 0.1) is 13.2 Å². The second-order valence-corrected chi connectivity index (χ2v) is 9.79. The lowest BCUT2D eigenvalue weighted by Crippen LogP contribution is -2.46. The lowest BCUT2D eigenvalue weighted by atomic mass is 9.98. The summed E-state index contributed by atoms with van der Waals surface area (Å²) in [5.74, 6) is -1.99. The molecule has 2 unspecified atom stereocenters.